The monoisotopic (exact) mass is 350 g/mol. The summed E-state index contributed by atoms with van der Waals surface area (Å²) in [6, 6.07) is 13.5. The molecule has 0 aliphatic rings. The molecule has 6 heteroatoms. The zero-order chi connectivity index (χ0) is 18.1. The van der Waals surface area contributed by atoms with Crippen LogP contribution in [-0.2, 0) is 0 Å². The lowest BCUT2D eigenvalue weighted by molar-refractivity contribution is 0.324. The highest BCUT2D eigenvalue weighted by molar-refractivity contribution is 5.79. The number of hydrogen-bond donors (Lipinski definition) is 0. The fourth-order valence-corrected chi connectivity index (χ4v) is 2.91. The van der Waals surface area contributed by atoms with E-state index in [1.807, 2.05) is 59.4 Å². The first-order chi connectivity index (χ1) is 12.7. The second kappa shape index (κ2) is 6.48. The highest BCUT2D eigenvalue weighted by atomic mass is 16.5. The molecule has 0 aliphatic heterocycles. The van der Waals surface area contributed by atoms with Crippen molar-refractivity contribution in [3.8, 4) is 34.4 Å². The van der Waals surface area contributed by atoms with Gasteiger partial charge in [-0.05, 0) is 36.4 Å². The molecule has 0 unspecified atom stereocenters. The number of nitrogens with zero attached hydrogens (tertiary/aromatic N) is 2. The van der Waals surface area contributed by atoms with E-state index in [0.717, 1.165) is 16.8 Å². The van der Waals surface area contributed by atoms with Crippen molar-refractivity contribution in [3.05, 3.63) is 54.9 Å². The summed E-state index contributed by atoms with van der Waals surface area (Å²) in [5.74, 6) is 2.13. The van der Waals surface area contributed by atoms with Crippen molar-refractivity contribution in [1.29, 1.82) is 0 Å². The molecule has 2 aromatic heterocycles. The lowest BCUT2D eigenvalue weighted by Gasteiger charge is -2.12. The fourth-order valence-electron chi connectivity index (χ4n) is 2.91. The van der Waals surface area contributed by atoms with Gasteiger partial charge in [0.1, 0.15) is 5.52 Å². The van der Waals surface area contributed by atoms with Crippen LogP contribution in [0.1, 0.15) is 0 Å². The van der Waals surface area contributed by atoms with E-state index in [4.69, 9.17) is 18.6 Å². The molecule has 132 valence electrons. The van der Waals surface area contributed by atoms with Gasteiger partial charge in [-0.25, -0.2) is 4.98 Å². The lowest BCUT2D eigenvalue weighted by atomic mass is 10.2. The number of ether oxygens (including phenoxy) is 3. The lowest BCUT2D eigenvalue weighted by Crippen LogP contribution is -1.95. The quantitative estimate of drug-likeness (QED) is 0.537. The van der Waals surface area contributed by atoms with Crippen molar-refractivity contribution < 1.29 is 18.6 Å². The topological polar surface area (TPSA) is 58.7 Å². The van der Waals surface area contributed by atoms with Gasteiger partial charge in [-0.1, -0.05) is 0 Å². The summed E-state index contributed by atoms with van der Waals surface area (Å²) in [7, 11) is 4.73. The van der Waals surface area contributed by atoms with Crippen molar-refractivity contribution in [2.75, 3.05) is 21.3 Å². The molecular formula is C20H18N2O4. The Morgan fingerprint density at radius 2 is 1.58 bits per heavy atom. The van der Waals surface area contributed by atoms with Crippen LogP contribution in [0.5, 0.6) is 17.2 Å². The Bertz CT molecular complexity index is 1030. The van der Waals surface area contributed by atoms with E-state index in [9.17, 15) is 0 Å². The highest BCUT2D eigenvalue weighted by Crippen LogP contribution is 2.41. The highest BCUT2D eigenvalue weighted by Gasteiger charge is 2.17. The summed E-state index contributed by atoms with van der Waals surface area (Å²) in [4.78, 5) is 4.58. The van der Waals surface area contributed by atoms with Crippen LogP contribution >= 0.6 is 0 Å². The molecule has 0 spiro atoms. The molecule has 6 nitrogen and oxygen atoms in total. The van der Waals surface area contributed by atoms with Gasteiger partial charge in [0.05, 0.1) is 21.3 Å². The van der Waals surface area contributed by atoms with E-state index in [-0.39, 0.29) is 0 Å². The Kier molecular flexibility index (Phi) is 4.01. The standard InChI is InChI=1S/C20H18N2O4/c1-23-17-10-13(11-18(24-2)19(17)25-3)20-21-15-7-6-14(12-16(15)26-20)22-8-4-5-9-22/h4-12H,1-3H3. The molecule has 26 heavy (non-hydrogen) atoms. The third kappa shape index (κ3) is 2.65. The van der Waals surface area contributed by atoms with Crippen LogP contribution in [0.25, 0.3) is 28.2 Å². The van der Waals surface area contributed by atoms with Gasteiger partial charge in [-0.3, -0.25) is 0 Å². The van der Waals surface area contributed by atoms with Gasteiger partial charge in [0, 0.05) is 29.7 Å². The minimum Gasteiger partial charge on any atom is -0.493 e. The second-order valence-electron chi connectivity index (χ2n) is 5.68. The maximum absolute atomic E-state index is 5.99. The van der Waals surface area contributed by atoms with Gasteiger partial charge >= 0.3 is 0 Å². The molecule has 4 aromatic rings. The summed E-state index contributed by atoms with van der Waals surface area (Å²) in [5.41, 5.74) is 3.25. The summed E-state index contributed by atoms with van der Waals surface area (Å²) in [6.07, 6.45) is 3.97. The maximum atomic E-state index is 5.99. The van der Waals surface area contributed by atoms with Crippen LogP contribution in [0.3, 0.4) is 0 Å². The third-order valence-electron chi connectivity index (χ3n) is 4.19. The first-order valence-electron chi connectivity index (χ1n) is 8.08. The van der Waals surface area contributed by atoms with Gasteiger partial charge in [0.25, 0.3) is 0 Å². The minimum atomic E-state index is 0.490. The molecule has 0 bridgehead atoms. The molecule has 0 saturated heterocycles. The Morgan fingerprint density at radius 3 is 2.19 bits per heavy atom. The summed E-state index contributed by atoms with van der Waals surface area (Å²) in [5, 5.41) is 0. The first kappa shape index (κ1) is 16.1. The minimum absolute atomic E-state index is 0.490. The van der Waals surface area contributed by atoms with Gasteiger partial charge in [0.15, 0.2) is 17.1 Å². The smallest absolute Gasteiger partial charge is 0.227 e. The van der Waals surface area contributed by atoms with E-state index in [1.165, 1.54) is 0 Å². The Labute approximate surface area is 150 Å². The van der Waals surface area contributed by atoms with E-state index in [1.54, 1.807) is 21.3 Å². The largest absolute Gasteiger partial charge is 0.493 e. The van der Waals surface area contributed by atoms with E-state index >= 15 is 0 Å². The number of benzene rings is 2. The van der Waals surface area contributed by atoms with Crippen LogP contribution < -0.4 is 14.2 Å². The molecular weight excluding hydrogens is 332 g/mol. The Morgan fingerprint density at radius 1 is 0.885 bits per heavy atom. The maximum Gasteiger partial charge on any atom is 0.227 e. The van der Waals surface area contributed by atoms with Crippen LogP contribution in [0, 0.1) is 0 Å². The van der Waals surface area contributed by atoms with Crippen LogP contribution in [-0.4, -0.2) is 30.9 Å². The number of aromatic nitrogens is 2. The molecule has 0 atom stereocenters. The van der Waals surface area contributed by atoms with Crippen LogP contribution in [0.2, 0.25) is 0 Å². The SMILES string of the molecule is COc1cc(-c2nc3ccc(-n4cccc4)cc3o2)cc(OC)c1OC. The number of methoxy groups -OCH3 is 3. The molecule has 0 aliphatic carbocycles. The number of hydrogen-bond acceptors (Lipinski definition) is 5. The predicted molar refractivity (Wildman–Crippen MR) is 98.4 cm³/mol. The predicted octanol–water partition coefficient (Wildman–Crippen LogP) is 4.31. The van der Waals surface area contributed by atoms with Crippen LogP contribution in [0.15, 0.2) is 59.3 Å². The molecule has 0 amide bonds. The first-order valence-corrected chi connectivity index (χ1v) is 8.08. The molecule has 4 rings (SSSR count). The van der Waals surface area contributed by atoms with Gasteiger partial charge in [-0.15, -0.1) is 0 Å². The number of fused-ring (bicyclic) bond motifs is 1. The zero-order valence-corrected chi connectivity index (χ0v) is 14.7. The fraction of sp³-hybridized carbons (Fsp3) is 0.150. The third-order valence-corrected chi connectivity index (χ3v) is 4.19. The zero-order valence-electron chi connectivity index (χ0n) is 14.7. The summed E-state index contributed by atoms with van der Waals surface area (Å²) in [6.45, 7) is 0. The molecule has 2 heterocycles. The van der Waals surface area contributed by atoms with Gasteiger partial charge in [0.2, 0.25) is 11.6 Å². The van der Waals surface area contributed by atoms with Crippen molar-refractivity contribution in [3.63, 3.8) is 0 Å². The van der Waals surface area contributed by atoms with Gasteiger partial charge < -0.3 is 23.2 Å². The van der Waals surface area contributed by atoms with Crippen molar-refractivity contribution in [2.45, 2.75) is 0 Å². The average Bonchev–Trinajstić information content (AvgIpc) is 3.35. The van der Waals surface area contributed by atoms with Gasteiger partial charge in [-0.2, -0.15) is 0 Å². The molecule has 0 fully saturated rings. The number of rotatable bonds is 5. The van der Waals surface area contributed by atoms with E-state index in [0.29, 0.717) is 28.7 Å². The Balaban J connectivity index is 1.81. The van der Waals surface area contributed by atoms with Crippen LogP contribution in [0.4, 0.5) is 0 Å². The average molecular weight is 350 g/mol. The van der Waals surface area contributed by atoms with Crippen molar-refractivity contribution in [2.24, 2.45) is 0 Å². The summed E-state index contributed by atoms with van der Waals surface area (Å²) >= 11 is 0. The molecule has 2 aromatic carbocycles. The molecule has 0 saturated carbocycles. The Hall–Kier alpha value is -3.41. The molecule has 0 radical (unpaired) electrons. The van der Waals surface area contributed by atoms with E-state index in [2.05, 4.69) is 4.98 Å². The van der Waals surface area contributed by atoms with Crippen molar-refractivity contribution >= 4 is 11.1 Å². The van der Waals surface area contributed by atoms with E-state index < -0.39 is 0 Å². The second-order valence-corrected chi connectivity index (χ2v) is 5.68. The molecule has 0 N–H and O–H groups in total. The number of oxazole rings is 1. The van der Waals surface area contributed by atoms with Crippen molar-refractivity contribution in [1.82, 2.24) is 9.55 Å². The normalized spacial score (nSPS) is 10.9. The summed E-state index contributed by atoms with van der Waals surface area (Å²) < 4.78 is 24.2.